The number of aromatic nitrogens is 2. The second-order valence-corrected chi connectivity index (χ2v) is 11.4. The Hall–Kier alpha value is -4.38. The predicted octanol–water partition coefficient (Wildman–Crippen LogP) is 4.37. The topological polar surface area (TPSA) is 97.1 Å². The van der Waals surface area contributed by atoms with Crippen LogP contribution in [0.4, 0.5) is 5.69 Å². The lowest BCUT2D eigenvalue weighted by atomic mass is 10.0. The van der Waals surface area contributed by atoms with Gasteiger partial charge in [-0.15, -0.1) is 0 Å². The zero-order valence-electron chi connectivity index (χ0n) is 21.8. The van der Waals surface area contributed by atoms with Gasteiger partial charge in [-0.25, -0.2) is 13.1 Å². The van der Waals surface area contributed by atoms with Crippen LogP contribution in [0, 0.1) is 0 Å². The van der Waals surface area contributed by atoms with Crippen LogP contribution in [0.1, 0.15) is 12.5 Å². The highest BCUT2D eigenvalue weighted by Crippen LogP contribution is 2.31. The molecule has 0 spiro atoms. The summed E-state index contributed by atoms with van der Waals surface area (Å²) < 4.78 is 35.3. The monoisotopic (exact) mass is 553 g/mol. The van der Waals surface area contributed by atoms with E-state index in [1.54, 1.807) is 35.9 Å². The minimum absolute atomic E-state index is 0.185. The standard InChI is InChI=1S/C30H27N5O4S/c1-22-28(30(36)35(31-22)26-12-6-3-7-13-26)20-24-21-34(25-10-4-2-5-11-25)32-29(24)23-9-8-14-27(19-23)40(37,38)33-15-17-39-18-16-33/h2-14,19-21H,15-18H2,1H3. The van der Waals surface area contributed by atoms with E-state index in [0.717, 1.165) is 5.69 Å². The van der Waals surface area contributed by atoms with Crippen molar-refractivity contribution in [2.45, 2.75) is 11.8 Å². The van der Waals surface area contributed by atoms with Crippen LogP contribution in [0.2, 0.25) is 0 Å². The molecule has 202 valence electrons. The van der Waals surface area contributed by atoms with Gasteiger partial charge in [0.25, 0.3) is 5.91 Å². The number of hydrogen-bond donors (Lipinski definition) is 0. The summed E-state index contributed by atoms with van der Waals surface area (Å²) in [5.41, 5.74) is 4.37. The quantitative estimate of drug-likeness (QED) is 0.331. The van der Waals surface area contributed by atoms with E-state index in [1.165, 1.54) is 9.31 Å². The van der Waals surface area contributed by atoms with Gasteiger partial charge in [0.2, 0.25) is 10.0 Å². The largest absolute Gasteiger partial charge is 0.379 e. The van der Waals surface area contributed by atoms with Crippen LogP contribution in [-0.4, -0.2) is 60.4 Å². The summed E-state index contributed by atoms with van der Waals surface area (Å²) >= 11 is 0. The molecule has 9 nitrogen and oxygen atoms in total. The number of anilines is 1. The number of hydrogen-bond acceptors (Lipinski definition) is 6. The van der Waals surface area contributed by atoms with Gasteiger partial charge in [-0.05, 0) is 49.4 Å². The first-order chi connectivity index (χ1) is 19.4. The molecule has 0 atom stereocenters. The number of sulfonamides is 1. The maximum atomic E-state index is 13.4. The number of benzene rings is 3. The molecule has 0 saturated carbocycles. The number of hydrazone groups is 1. The van der Waals surface area contributed by atoms with Gasteiger partial charge in [0.1, 0.15) is 5.69 Å². The molecule has 3 aromatic carbocycles. The van der Waals surface area contributed by atoms with Crippen LogP contribution in [0.15, 0.2) is 107 Å². The molecule has 2 aliphatic rings. The third-order valence-electron chi connectivity index (χ3n) is 6.84. The summed E-state index contributed by atoms with van der Waals surface area (Å²) in [5, 5.41) is 10.7. The molecule has 1 fully saturated rings. The lowest BCUT2D eigenvalue weighted by molar-refractivity contribution is -0.114. The molecule has 0 bridgehead atoms. The molecule has 0 unspecified atom stereocenters. The SMILES string of the molecule is CC1=NN(c2ccccc2)C(=O)C1=Cc1cn(-c2ccccc2)nc1-c1cccc(S(=O)(=O)N2CCOCC2)c1. The van der Waals surface area contributed by atoms with Crippen LogP contribution in [0.25, 0.3) is 23.0 Å². The van der Waals surface area contributed by atoms with Gasteiger partial charge >= 0.3 is 0 Å². The van der Waals surface area contributed by atoms with Crippen molar-refractivity contribution in [1.29, 1.82) is 0 Å². The highest BCUT2D eigenvalue weighted by Gasteiger charge is 2.30. The minimum Gasteiger partial charge on any atom is -0.379 e. The second kappa shape index (κ2) is 10.6. The third kappa shape index (κ3) is 4.88. The fourth-order valence-electron chi connectivity index (χ4n) is 4.75. The first-order valence-electron chi connectivity index (χ1n) is 12.9. The van der Waals surface area contributed by atoms with E-state index in [1.807, 2.05) is 72.9 Å². The van der Waals surface area contributed by atoms with Crippen LogP contribution >= 0.6 is 0 Å². The zero-order chi connectivity index (χ0) is 27.7. The minimum atomic E-state index is -3.71. The number of ether oxygens (including phenoxy) is 1. The molecule has 0 aliphatic carbocycles. The molecule has 6 rings (SSSR count). The molecule has 1 saturated heterocycles. The lowest BCUT2D eigenvalue weighted by Gasteiger charge is -2.26. The molecule has 10 heteroatoms. The highest BCUT2D eigenvalue weighted by atomic mass is 32.2. The van der Waals surface area contributed by atoms with Crippen molar-refractivity contribution in [2.24, 2.45) is 5.10 Å². The number of nitrogens with zero attached hydrogens (tertiary/aromatic N) is 5. The Labute approximate surface area is 232 Å². The van der Waals surface area contributed by atoms with Crippen molar-refractivity contribution < 1.29 is 17.9 Å². The van der Waals surface area contributed by atoms with E-state index in [4.69, 9.17) is 9.84 Å². The predicted molar refractivity (Wildman–Crippen MR) is 154 cm³/mol. The number of amides is 1. The molecule has 3 heterocycles. The van der Waals surface area contributed by atoms with E-state index in [-0.39, 0.29) is 10.8 Å². The Morgan fingerprint density at radius 2 is 1.55 bits per heavy atom. The Morgan fingerprint density at radius 1 is 0.875 bits per heavy atom. The maximum Gasteiger partial charge on any atom is 0.280 e. The molecular formula is C30H27N5O4S. The van der Waals surface area contributed by atoms with Crippen LogP contribution in [0.5, 0.6) is 0 Å². The first-order valence-corrected chi connectivity index (χ1v) is 14.4. The van der Waals surface area contributed by atoms with Gasteiger partial charge in [0.05, 0.1) is 40.8 Å². The van der Waals surface area contributed by atoms with Crippen LogP contribution < -0.4 is 5.01 Å². The molecular weight excluding hydrogens is 526 g/mol. The van der Waals surface area contributed by atoms with E-state index >= 15 is 0 Å². The summed E-state index contributed by atoms with van der Waals surface area (Å²) in [5.74, 6) is -0.245. The molecule has 1 aromatic heterocycles. The van der Waals surface area contributed by atoms with Gasteiger partial charge < -0.3 is 4.74 Å². The fourth-order valence-corrected chi connectivity index (χ4v) is 6.21. The van der Waals surface area contributed by atoms with Crippen molar-refractivity contribution in [3.8, 4) is 16.9 Å². The highest BCUT2D eigenvalue weighted by molar-refractivity contribution is 7.89. The molecule has 40 heavy (non-hydrogen) atoms. The molecule has 2 aliphatic heterocycles. The fraction of sp³-hybridized carbons (Fsp3) is 0.167. The van der Waals surface area contributed by atoms with Crippen molar-refractivity contribution >= 4 is 33.4 Å². The molecule has 1 amide bonds. The van der Waals surface area contributed by atoms with Crippen molar-refractivity contribution in [2.75, 3.05) is 31.3 Å². The maximum absolute atomic E-state index is 13.4. The van der Waals surface area contributed by atoms with Gasteiger partial charge in [0.15, 0.2) is 0 Å². The number of carbonyl (C=O) groups is 1. The third-order valence-corrected chi connectivity index (χ3v) is 8.74. The van der Waals surface area contributed by atoms with Crippen molar-refractivity contribution in [3.63, 3.8) is 0 Å². The smallest absolute Gasteiger partial charge is 0.280 e. The Morgan fingerprint density at radius 3 is 2.25 bits per heavy atom. The summed E-state index contributed by atoms with van der Waals surface area (Å²) in [6.45, 7) is 3.15. The van der Waals surface area contributed by atoms with Crippen molar-refractivity contribution in [3.05, 3.63) is 102 Å². The summed E-state index contributed by atoms with van der Waals surface area (Å²) in [6, 6.07) is 25.6. The van der Waals surface area contributed by atoms with E-state index in [2.05, 4.69) is 5.10 Å². The molecule has 0 radical (unpaired) electrons. The number of carbonyl (C=O) groups excluding carboxylic acids is 1. The van der Waals surface area contributed by atoms with Crippen LogP contribution in [-0.2, 0) is 19.6 Å². The van der Waals surface area contributed by atoms with Gasteiger partial charge in [-0.1, -0.05) is 48.5 Å². The Kier molecular flexibility index (Phi) is 6.89. The average molecular weight is 554 g/mol. The van der Waals surface area contributed by atoms with Gasteiger partial charge in [-0.2, -0.15) is 19.5 Å². The first kappa shape index (κ1) is 25.9. The second-order valence-electron chi connectivity index (χ2n) is 9.45. The van der Waals surface area contributed by atoms with Crippen LogP contribution in [0.3, 0.4) is 0 Å². The van der Waals surface area contributed by atoms with Gasteiger partial charge in [-0.3, -0.25) is 4.79 Å². The Balaban J connectivity index is 1.43. The van der Waals surface area contributed by atoms with Crippen molar-refractivity contribution in [1.82, 2.24) is 14.1 Å². The summed E-state index contributed by atoms with van der Waals surface area (Å²) in [6.07, 6.45) is 3.61. The van der Waals surface area contributed by atoms with E-state index < -0.39 is 10.0 Å². The number of rotatable bonds is 6. The number of para-hydroxylation sites is 2. The number of morpholine rings is 1. The van der Waals surface area contributed by atoms with E-state index in [0.29, 0.717) is 60.1 Å². The Bertz CT molecular complexity index is 1720. The molecule has 0 N–H and O–H groups in total. The average Bonchev–Trinajstić information content (AvgIpc) is 3.55. The lowest BCUT2D eigenvalue weighted by Crippen LogP contribution is -2.40. The summed E-state index contributed by atoms with van der Waals surface area (Å²) in [7, 11) is -3.71. The van der Waals surface area contributed by atoms with E-state index in [9.17, 15) is 13.2 Å². The zero-order valence-corrected chi connectivity index (χ0v) is 22.7. The summed E-state index contributed by atoms with van der Waals surface area (Å²) in [4.78, 5) is 13.6. The van der Waals surface area contributed by atoms with Gasteiger partial charge in [0, 0.05) is 30.4 Å². The normalized spacial score (nSPS) is 17.4. The molecule has 4 aromatic rings.